The van der Waals surface area contributed by atoms with E-state index in [4.69, 9.17) is 9.84 Å². The molecule has 0 atom stereocenters. The Morgan fingerprint density at radius 3 is 2.68 bits per heavy atom. The van der Waals surface area contributed by atoms with Crippen LogP contribution in [0.5, 0.6) is 0 Å². The number of aliphatic hydroxyl groups excluding tert-OH is 1. The van der Waals surface area contributed by atoms with E-state index in [2.05, 4.69) is 19.9 Å². The number of H-pyrrole nitrogens is 1. The predicted molar refractivity (Wildman–Crippen MR) is 108 cm³/mol. The van der Waals surface area contributed by atoms with E-state index in [9.17, 15) is 4.79 Å². The van der Waals surface area contributed by atoms with Gasteiger partial charge in [0.2, 0.25) is 0 Å². The standard InChI is InChI=1S/C20H23N5O3/c26-11-3-1-2-4-15-14-21-19-18(22-15)23-20(27)25(19)17-7-5-16(6-8-17)24-9-12-28-13-10-24/h2,4-8,14,26H,1,3,9-13H2,(H,22,23,27)/b4-2+. The van der Waals surface area contributed by atoms with Crippen LogP contribution in [0.1, 0.15) is 18.5 Å². The molecule has 8 heteroatoms. The maximum atomic E-state index is 12.5. The average molecular weight is 381 g/mol. The summed E-state index contributed by atoms with van der Waals surface area (Å²) in [5.74, 6) is 0. The van der Waals surface area contributed by atoms with Gasteiger partial charge in [-0.2, -0.15) is 0 Å². The molecule has 0 amide bonds. The average Bonchev–Trinajstić information content (AvgIpc) is 3.07. The Hall–Kier alpha value is -2.97. The second-order valence-electron chi connectivity index (χ2n) is 6.62. The van der Waals surface area contributed by atoms with Crippen molar-refractivity contribution in [1.82, 2.24) is 19.5 Å². The van der Waals surface area contributed by atoms with Crippen molar-refractivity contribution in [2.75, 3.05) is 37.8 Å². The number of nitrogens with zero attached hydrogens (tertiary/aromatic N) is 4. The van der Waals surface area contributed by atoms with Gasteiger partial charge in [-0.05, 0) is 43.2 Å². The topological polar surface area (TPSA) is 96.3 Å². The predicted octanol–water partition coefficient (Wildman–Crippen LogP) is 1.73. The van der Waals surface area contributed by atoms with Crippen LogP contribution in [0.2, 0.25) is 0 Å². The Labute approximate surface area is 162 Å². The van der Waals surface area contributed by atoms with E-state index in [1.54, 1.807) is 6.20 Å². The van der Waals surface area contributed by atoms with Gasteiger partial charge in [0.15, 0.2) is 11.3 Å². The van der Waals surface area contributed by atoms with Gasteiger partial charge in [-0.25, -0.2) is 19.3 Å². The summed E-state index contributed by atoms with van der Waals surface area (Å²) in [6, 6.07) is 7.86. The smallest absolute Gasteiger partial charge is 0.333 e. The van der Waals surface area contributed by atoms with Crippen LogP contribution in [-0.4, -0.2) is 57.5 Å². The van der Waals surface area contributed by atoms with Crippen molar-refractivity contribution >= 4 is 23.1 Å². The number of aromatic nitrogens is 4. The first-order valence-electron chi connectivity index (χ1n) is 9.44. The van der Waals surface area contributed by atoms with Crippen LogP contribution in [0.4, 0.5) is 5.69 Å². The molecule has 28 heavy (non-hydrogen) atoms. The van der Waals surface area contributed by atoms with E-state index >= 15 is 0 Å². The van der Waals surface area contributed by atoms with E-state index in [0.717, 1.165) is 44.1 Å². The Morgan fingerprint density at radius 2 is 1.93 bits per heavy atom. The number of benzene rings is 1. The molecule has 8 nitrogen and oxygen atoms in total. The van der Waals surface area contributed by atoms with E-state index < -0.39 is 0 Å². The van der Waals surface area contributed by atoms with E-state index in [-0.39, 0.29) is 12.3 Å². The molecule has 0 spiro atoms. The van der Waals surface area contributed by atoms with E-state index in [0.29, 0.717) is 23.4 Å². The van der Waals surface area contributed by atoms with Crippen molar-refractivity contribution in [1.29, 1.82) is 0 Å². The van der Waals surface area contributed by atoms with Gasteiger partial charge >= 0.3 is 5.69 Å². The van der Waals surface area contributed by atoms with Gasteiger partial charge in [0.05, 0.1) is 30.8 Å². The molecule has 1 saturated heterocycles. The normalized spacial score (nSPS) is 15.0. The van der Waals surface area contributed by atoms with Gasteiger partial charge in [-0.1, -0.05) is 6.08 Å². The number of allylic oxidation sites excluding steroid dienone is 1. The summed E-state index contributed by atoms with van der Waals surface area (Å²) in [4.78, 5) is 26.4. The largest absolute Gasteiger partial charge is 0.396 e. The number of unbranched alkanes of at least 4 members (excludes halogenated alkanes) is 1. The molecule has 3 aromatic rings. The molecule has 0 unspecified atom stereocenters. The van der Waals surface area contributed by atoms with E-state index in [1.165, 1.54) is 4.57 Å². The van der Waals surface area contributed by atoms with Gasteiger partial charge in [0, 0.05) is 25.4 Å². The fraction of sp³-hybridized carbons (Fsp3) is 0.350. The third-order valence-corrected chi connectivity index (χ3v) is 4.71. The quantitative estimate of drug-likeness (QED) is 0.632. The second kappa shape index (κ2) is 8.37. The Balaban J connectivity index is 1.60. The van der Waals surface area contributed by atoms with Crippen LogP contribution in [0, 0.1) is 0 Å². The first-order chi connectivity index (χ1) is 13.8. The van der Waals surface area contributed by atoms with Gasteiger partial charge in [0.1, 0.15) is 0 Å². The Bertz CT molecular complexity index is 1020. The first kappa shape index (κ1) is 18.4. The van der Waals surface area contributed by atoms with Gasteiger partial charge in [-0.15, -0.1) is 0 Å². The lowest BCUT2D eigenvalue weighted by Gasteiger charge is -2.28. The number of fused-ring (bicyclic) bond motifs is 1. The van der Waals surface area contributed by atoms with Crippen molar-refractivity contribution in [2.24, 2.45) is 0 Å². The summed E-state index contributed by atoms with van der Waals surface area (Å²) in [6.45, 7) is 3.36. The van der Waals surface area contributed by atoms with Crippen molar-refractivity contribution in [3.63, 3.8) is 0 Å². The van der Waals surface area contributed by atoms with Crippen molar-refractivity contribution in [3.05, 3.63) is 52.7 Å². The van der Waals surface area contributed by atoms with Gasteiger partial charge in [-0.3, -0.25) is 4.98 Å². The fourth-order valence-electron chi connectivity index (χ4n) is 3.26. The maximum absolute atomic E-state index is 12.5. The second-order valence-corrected chi connectivity index (χ2v) is 6.62. The highest BCUT2D eigenvalue weighted by molar-refractivity contribution is 5.70. The molecule has 1 aliphatic heterocycles. The number of nitrogens with one attached hydrogen (secondary N) is 1. The molecule has 1 aromatic carbocycles. The zero-order valence-electron chi connectivity index (χ0n) is 15.5. The number of hydrogen-bond acceptors (Lipinski definition) is 6. The molecule has 1 fully saturated rings. The number of aliphatic hydroxyl groups is 1. The number of hydrogen-bond donors (Lipinski definition) is 2. The number of anilines is 1. The Morgan fingerprint density at radius 1 is 1.18 bits per heavy atom. The lowest BCUT2D eigenvalue weighted by Crippen LogP contribution is -2.36. The molecule has 0 radical (unpaired) electrons. The van der Waals surface area contributed by atoms with E-state index in [1.807, 2.05) is 36.4 Å². The highest BCUT2D eigenvalue weighted by Gasteiger charge is 2.14. The molecule has 2 aromatic heterocycles. The molecule has 0 saturated carbocycles. The van der Waals surface area contributed by atoms with Crippen molar-refractivity contribution in [2.45, 2.75) is 12.8 Å². The van der Waals surface area contributed by atoms with Crippen LogP contribution in [0.3, 0.4) is 0 Å². The van der Waals surface area contributed by atoms with Gasteiger partial charge in [0.25, 0.3) is 0 Å². The van der Waals surface area contributed by atoms with Crippen molar-refractivity contribution in [3.8, 4) is 5.69 Å². The molecular weight excluding hydrogens is 358 g/mol. The lowest BCUT2D eigenvalue weighted by atomic mass is 10.2. The van der Waals surface area contributed by atoms with Gasteiger partial charge < -0.3 is 14.7 Å². The summed E-state index contributed by atoms with van der Waals surface area (Å²) in [6.07, 6.45) is 6.90. The first-order valence-corrected chi connectivity index (χ1v) is 9.44. The molecule has 3 heterocycles. The summed E-state index contributed by atoms with van der Waals surface area (Å²) in [5.41, 5.74) is 3.20. The molecule has 1 aliphatic rings. The summed E-state index contributed by atoms with van der Waals surface area (Å²) in [7, 11) is 0. The molecule has 0 bridgehead atoms. The summed E-state index contributed by atoms with van der Waals surface area (Å²) < 4.78 is 6.92. The van der Waals surface area contributed by atoms with Crippen molar-refractivity contribution < 1.29 is 9.84 Å². The van der Waals surface area contributed by atoms with Crippen LogP contribution in [0.15, 0.2) is 41.3 Å². The zero-order valence-corrected chi connectivity index (χ0v) is 15.5. The number of ether oxygens (including phenoxy) is 1. The minimum Gasteiger partial charge on any atom is -0.396 e. The highest BCUT2D eigenvalue weighted by Crippen LogP contribution is 2.19. The van der Waals surface area contributed by atoms with Crippen LogP contribution in [0.25, 0.3) is 23.1 Å². The molecular formula is C20H23N5O3. The molecule has 4 rings (SSSR count). The molecule has 2 N–H and O–H groups in total. The number of aromatic amines is 1. The third-order valence-electron chi connectivity index (χ3n) is 4.71. The zero-order chi connectivity index (χ0) is 19.3. The minimum absolute atomic E-state index is 0.162. The van der Waals surface area contributed by atoms with Crippen LogP contribution >= 0.6 is 0 Å². The van der Waals surface area contributed by atoms with Crippen LogP contribution in [-0.2, 0) is 4.74 Å². The lowest BCUT2D eigenvalue weighted by molar-refractivity contribution is 0.122. The summed E-state index contributed by atoms with van der Waals surface area (Å²) >= 11 is 0. The highest BCUT2D eigenvalue weighted by atomic mass is 16.5. The number of rotatable bonds is 6. The fourth-order valence-corrected chi connectivity index (χ4v) is 3.26. The number of imidazole rings is 1. The monoisotopic (exact) mass is 381 g/mol. The summed E-state index contributed by atoms with van der Waals surface area (Å²) in [5, 5.41) is 8.82. The SMILES string of the molecule is O=c1[nH]c2nc(/C=C/CCCO)cnc2n1-c1ccc(N2CCOCC2)cc1. The molecule has 0 aliphatic carbocycles. The Kier molecular flexibility index (Phi) is 5.50. The number of morpholine rings is 1. The minimum atomic E-state index is -0.268. The molecule has 146 valence electrons. The third kappa shape index (κ3) is 3.83. The van der Waals surface area contributed by atoms with Crippen LogP contribution < -0.4 is 10.6 Å². The maximum Gasteiger partial charge on any atom is 0.333 e.